The quantitative estimate of drug-likeness (QED) is 0.628. The van der Waals surface area contributed by atoms with Crippen LogP contribution in [0, 0.1) is 0 Å². The zero-order valence-electron chi connectivity index (χ0n) is 12.0. The second-order valence-electron chi connectivity index (χ2n) is 4.73. The summed E-state index contributed by atoms with van der Waals surface area (Å²) >= 11 is 5.91. The van der Waals surface area contributed by atoms with E-state index < -0.39 is 5.91 Å². The number of carbonyl (C=O) groups is 2. The molecule has 0 saturated carbocycles. The van der Waals surface area contributed by atoms with Gasteiger partial charge in [-0.1, -0.05) is 23.7 Å². The molecule has 4 N–H and O–H groups in total. The minimum Gasteiger partial charge on any atom is -0.508 e. The highest BCUT2D eigenvalue weighted by molar-refractivity contribution is 6.33. The van der Waals surface area contributed by atoms with E-state index in [4.69, 9.17) is 11.6 Å². The van der Waals surface area contributed by atoms with Gasteiger partial charge in [0.1, 0.15) is 11.5 Å². The van der Waals surface area contributed by atoms with Crippen LogP contribution in [0.4, 0.5) is 0 Å². The van der Waals surface area contributed by atoms with Gasteiger partial charge in [0.25, 0.3) is 11.8 Å². The Kier molecular flexibility index (Phi) is 5.43. The van der Waals surface area contributed by atoms with Crippen LogP contribution in [0.5, 0.6) is 11.5 Å². The number of benzene rings is 2. The van der Waals surface area contributed by atoms with E-state index in [9.17, 15) is 19.8 Å². The SMILES string of the molecule is O=C(NCCNC(=O)c1ccccc1Cl)c1cc(O)cc(O)c1. The minimum atomic E-state index is -0.469. The lowest BCUT2D eigenvalue weighted by Crippen LogP contribution is -2.34. The lowest BCUT2D eigenvalue weighted by Gasteiger charge is -2.08. The largest absolute Gasteiger partial charge is 0.508 e. The maximum atomic E-state index is 11.9. The van der Waals surface area contributed by atoms with Crippen molar-refractivity contribution in [3.63, 3.8) is 0 Å². The predicted molar refractivity (Wildman–Crippen MR) is 85.9 cm³/mol. The summed E-state index contributed by atoms with van der Waals surface area (Å²) in [5, 5.41) is 24.2. The average molecular weight is 335 g/mol. The summed E-state index contributed by atoms with van der Waals surface area (Å²) in [4.78, 5) is 23.7. The summed E-state index contributed by atoms with van der Waals surface area (Å²) in [6.07, 6.45) is 0. The number of halogens is 1. The topological polar surface area (TPSA) is 98.7 Å². The van der Waals surface area contributed by atoms with Crippen molar-refractivity contribution in [2.24, 2.45) is 0 Å². The van der Waals surface area contributed by atoms with Crippen LogP contribution < -0.4 is 10.6 Å². The molecule has 0 atom stereocenters. The van der Waals surface area contributed by atoms with Crippen LogP contribution in [-0.4, -0.2) is 35.1 Å². The number of hydrogen-bond acceptors (Lipinski definition) is 4. The molecule has 0 aliphatic carbocycles. The predicted octanol–water partition coefficient (Wildman–Crippen LogP) is 1.91. The van der Waals surface area contributed by atoms with Gasteiger partial charge in [0.05, 0.1) is 10.6 Å². The minimum absolute atomic E-state index is 0.125. The van der Waals surface area contributed by atoms with Crippen molar-refractivity contribution in [1.82, 2.24) is 10.6 Å². The van der Waals surface area contributed by atoms with Gasteiger partial charge in [-0.05, 0) is 24.3 Å². The van der Waals surface area contributed by atoms with Crippen molar-refractivity contribution in [3.8, 4) is 11.5 Å². The van der Waals surface area contributed by atoms with Gasteiger partial charge < -0.3 is 20.8 Å². The van der Waals surface area contributed by atoms with Gasteiger partial charge in [-0.2, -0.15) is 0 Å². The molecule has 0 aliphatic rings. The summed E-state index contributed by atoms with van der Waals surface area (Å²) in [7, 11) is 0. The van der Waals surface area contributed by atoms with Gasteiger partial charge in [-0.3, -0.25) is 9.59 Å². The lowest BCUT2D eigenvalue weighted by molar-refractivity contribution is 0.0927. The van der Waals surface area contributed by atoms with Gasteiger partial charge in [0.15, 0.2) is 0 Å². The van der Waals surface area contributed by atoms with E-state index in [0.29, 0.717) is 10.6 Å². The van der Waals surface area contributed by atoms with Gasteiger partial charge in [0.2, 0.25) is 0 Å². The van der Waals surface area contributed by atoms with Crippen molar-refractivity contribution < 1.29 is 19.8 Å². The van der Waals surface area contributed by atoms with Gasteiger partial charge in [-0.15, -0.1) is 0 Å². The first-order chi connectivity index (χ1) is 11.0. The molecule has 0 aliphatic heterocycles. The highest BCUT2D eigenvalue weighted by Gasteiger charge is 2.10. The van der Waals surface area contributed by atoms with Crippen LogP contribution in [0.3, 0.4) is 0 Å². The third kappa shape index (κ3) is 4.62. The monoisotopic (exact) mass is 334 g/mol. The van der Waals surface area contributed by atoms with Crippen molar-refractivity contribution in [1.29, 1.82) is 0 Å². The Balaban J connectivity index is 1.82. The molecule has 0 aromatic heterocycles. The number of phenolic OH excluding ortho intramolecular Hbond substituents is 2. The van der Waals surface area contributed by atoms with E-state index in [1.54, 1.807) is 24.3 Å². The summed E-state index contributed by atoms with van der Waals surface area (Å²) in [5.41, 5.74) is 0.485. The molecule has 0 heterocycles. The van der Waals surface area contributed by atoms with Crippen LogP contribution in [-0.2, 0) is 0 Å². The van der Waals surface area contributed by atoms with Gasteiger partial charge in [-0.25, -0.2) is 0 Å². The first-order valence-corrected chi connectivity index (χ1v) is 7.19. The number of phenols is 2. The maximum Gasteiger partial charge on any atom is 0.252 e. The molecule has 2 amide bonds. The Labute approximate surface area is 137 Å². The van der Waals surface area contributed by atoms with Crippen molar-refractivity contribution in [2.45, 2.75) is 0 Å². The number of rotatable bonds is 5. The third-order valence-corrected chi connectivity index (χ3v) is 3.31. The van der Waals surface area contributed by atoms with E-state index in [2.05, 4.69) is 10.6 Å². The van der Waals surface area contributed by atoms with Crippen LogP contribution in [0.25, 0.3) is 0 Å². The molecular formula is C16H15ClN2O4. The normalized spacial score (nSPS) is 10.1. The molecule has 0 saturated heterocycles. The number of amides is 2. The molecule has 0 fully saturated rings. The molecule has 0 radical (unpaired) electrons. The van der Waals surface area contributed by atoms with E-state index in [1.165, 1.54) is 12.1 Å². The smallest absolute Gasteiger partial charge is 0.252 e. The summed E-state index contributed by atoms with van der Waals surface area (Å²) in [6, 6.07) is 10.2. The maximum absolute atomic E-state index is 11.9. The van der Waals surface area contributed by atoms with Gasteiger partial charge >= 0.3 is 0 Å². The van der Waals surface area contributed by atoms with E-state index in [0.717, 1.165) is 6.07 Å². The van der Waals surface area contributed by atoms with Crippen molar-refractivity contribution >= 4 is 23.4 Å². The Morgan fingerprint density at radius 3 is 2.09 bits per heavy atom. The Morgan fingerprint density at radius 1 is 0.913 bits per heavy atom. The first-order valence-electron chi connectivity index (χ1n) is 6.81. The molecule has 7 heteroatoms. The number of hydrogen-bond donors (Lipinski definition) is 4. The first kappa shape index (κ1) is 16.6. The second kappa shape index (κ2) is 7.51. The molecule has 120 valence electrons. The molecular weight excluding hydrogens is 320 g/mol. The van der Waals surface area contributed by atoms with Crippen LogP contribution in [0.1, 0.15) is 20.7 Å². The van der Waals surface area contributed by atoms with Crippen LogP contribution >= 0.6 is 11.6 Å². The summed E-state index contributed by atoms with van der Waals surface area (Å²) in [5.74, 6) is -1.22. The lowest BCUT2D eigenvalue weighted by atomic mass is 10.2. The fourth-order valence-corrected chi connectivity index (χ4v) is 2.14. The standard InChI is InChI=1S/C16H15ClN2O4/c17-14-4-2-1-3-13(14)16(23)19-6-5-18-15(22)10-7-11(20)9-12(21)8-10/h1-4,7-9,20-21H,5-6H2,(H,18,22)(H,19,23). The summed E-state index contributed by atoms with van der Waals surface area (Å²) < 4.78 is 0. The average Bonchev–Trinajstić information content (AvgIpc) is 2.50. The van der Waals surface area contributed by atoms with Crippen LogP contribution in [0.2, 0.25) is 5.02 Å². The fourth-order valence-electron chi connectivity index (χ4n) is 1.92. The highest BCUT2D eigenvalue weighted by atomic mass is 35.5. The molecule has 0 bridgehead atoms. The van der Waals surface area contributed by atoms with E-state index >= 15 is 0 Å². The zero-order chi connectivity index (χ0) is 16.8. The molecule has 2 rings (SSSR count). The third-order valence-electron chi connectivity index (χ3n) is 2.98. The van der Waals surface area contributed by atoms with Gasteiger partial charge in [0, 0.05) is 24.7 Å². The fraction of sp³-hybridized carbons (Fsp3) is 0.125. The number of nitrogens with one attached hydrogen (secondary N) is 2. The van der Waals surface area contributed by atoms with E-state index in [1.807, 2.05) is 0 Å². The summed E-state index contributed by atoms with van der Waals surface area (Å²) in [6.45, 7) is 0.395. The Morgan fingerprint density at radius 2 is 1.48 bits per heavy atom. The highest BCUT2D eigenvalue weighted by Crippen LogP contribution is 2.20. The van der Waals surface area contributed by atoms with Crippen molar-refractivity contribution in [2.75, 3.05) is 13.1 Å². The second-order valence-corrected chi connectivity index (χ2v) is 5.14. The number of carbonyl (C=O) groups excluding carboxylic acids is 2. The molecule has 2 aromatic rings. The number of aromatic hydroxyl groups is 2. The molecule has 0 spiro atoms. The molecule has 2 aromatic carbocycles. The van der Waals surface area contributed by atoms with E-state index in [-0.39, 0.29) is 36.1 Å². The Bertz CT molecular complexity index is 714. The zero-order valence-corrected chi connectivity index (χ0v) is 12.8. The Hall–Kier alpha value is -2.73. The molecule has 23 heavy (non-hydrogen) atoms. The van der Waals surface area contributed by atoms with Crippen molar-refractivity contribution in [3.05, 3.63) is 58.6 Å². The van der Waals surface area contributed by atoms with Crippen LogP contribution in [0.15, 0.2) is 42.5 Å². The molecule has 0 unspecified atom stereocenters. The molecule has 6 nitrogen and oxygen atoms in total.